The van der Waals surface area contributed by atoms with E-state index in [2.05, 4.69) is 10.4 Å². The summed E-state index contributed by atoms with van der Waals surface area (Å²) < 4.78 is 16.6. The fraction of sp³-hybridized carbons (Fsp3) is 0.0667. The first-order chi connectivity index (χ1) is 11.5. The number of nitrogens with one attached hydrogen (secondary N) is 1. The zero-order valence-electron chi connectivity index (χ0n) is 12.3. The number of nitrogens with zero attached hydrogens (tertiary/aromatic N) is 4. The number of benzene rings is 1. The van der Waals surface area contributed by atoms with Crippen LogP contribution in [-0.4, -0.2) is 25.2 Å². The van der Waals surface area contributed by atoms with Crippen LogP contribution in [0.3, 0.4) is 0 Å². The number of hydrogen-bond acceptors (Lipinski definition) is 4. The second-order valence-electron chi connectivity index (χ2n) is 4.93. The number of carbonyl (C=O) groups is 1. The van der Waals surface area contributed by atoms with Crippen LogP contribution < -0.4 is 5.32 Å². The number of anilines is 1. The molecule has 1 amide bonds. The number of aromatic nitrogens is 3. The van der Waals surface area contributed by atoms with Crippen molar-refractivity contribution >= 4 is 17.4 Å². The lowest BCUT2D eigenvalue weighted by Gasteiger charge is -2.09. The largest absolute Gasteiger partial charge is 0.389 e. The van der Waals surface area contributed by atoms with Crippen molar-refractivity contribution in [3.8, 4) is 5.69 Å². The van der Waals surface area contributed by atoms with Crippen molar-refractivity contribution in [3.05, 3.63) is 70.9 Å². The summed E-state index contributed by atoms with van der Waals surface area (Å²) in [6.45, 7) is -0.190. The van der Waals surface area contributed by atoms with Gasteiger partial charge in [0.2, 0.25) is 5.91 Å². The molecule has 0 saturated carbocycles. The molecule has 8 nitrogen and oxygen atoms in total. The van der Waals surface area contributed by atoms with Gasteiger partial charge in [-0.3, -0.25) is 4.79 Å². The third-order valence-corrected chi connectivity index (χ3v) is 3.23. The molecule has 2 heterocycles. The Bertz CT molecular complexity index is 888. The van der Waals surface area contributed by atoms with Crippen LogP contribution in [0.25, 0.3) is 5.69 Å². The molecule has 3 rings (SSSR count). The number of nitro groups is 1. The minimum absolute atomic E-state index is 0.190. The fourth-order valence-electron chi connectivity index (χ4n) is 2.17. The third kappa shape index (κ3) is 3.29. The molecule has 0 radical (unpaired) electrons. The van der Waals surface area contributed by atoms with Gasteiger partial charge in [-0.1, -0.05) is 0 Å². The van der Waals surface area contributed by atoms with Gasteiger partial charge in [0.1, 0.15) is 12.4 Å². The van der Waals surface area contributed by atoms with E-state index in [1.807, 2.05) is 0 Å². The van der Waals surface area contributed by atoms with Crippen LogP contribution in [0.2, 0.25) is 0 Å². The molecule has 9 heteroatoms. The smallest absolute Gasteiger partial charge is 0.358 e. The standard InChI is InChI=1S/C15H12FN5O3/c16-12-4-3-11(9-13(12)19-6-1-2-7-19)17-15(22)10-20-8-5-14(18-20)21(23)24/h1-9H,10H2,(H,17,22). The first kappa shape index (κ1) is 15.4. The van der Waals surface area contributed by atoms with E-state index in [0.717, 1.165) is 4.68 Å². The van der Waals surface area contributed by atoms with Gasteiger partial charge in [-0.15, -0.1) is 0 Å². The van der Waals surface area contributed by atoms with Crippen molar-refractivity contribution in [2.75, 3.05) is 5.32 Å². The Morgan fingerprint density at radius 1 is 1.25 bits per heavy atom. The summed E-state index contributed by atoms with van der Waals surface area (Å²) >= 11 is 0. The molecule has 0 bridgehead atoms. The van der Waals surface area contributed by atoms with Crippen molar-refractivity contribution in [1.82, 2.24) is 14.3 Å². The summed E-state index contributed by atoms with van der Waals surface area (Å²) in [6.07, 6.45) is 4.72. The number of carbonyl (C=O) groups excluding carboxylic acids is 1. The Kier molecular flexibility index (Phi) is 4.06. The van der Waals surface area contributed by atoms with Crippen molar-refractivity contribution < 1.29 is 14.1 Å². The van der Waals surface area contributed by atoms with Crippen molar-refractivity contribution in [2.24, 2.45) is 0 Å². The Morgan fingerprint density at radius 3 is 2.67 bits per heavy atom. The van der Waals surface area contributed by atoms with E-state index in [1.54, 1.807) is 29.1 Å². The lowest BCUT2D eigenvalue weighted by molar-refractivity contribution is -0.389. The van der Waals surface area contributed by atoms with Crippen molar-refractivity contribution in [2.45, 2.75) is 6.54 Å². The van der Waals surface area contributed by atoms with Crippen LogP contribution in [0.1, 0.15) is 0 Å². The molecular formula is C15H12FN5O3. The summed E-state index contributed by atoms with van der Waals surface area (Å²) in [5, 5.41) is 16.8. The first-order valence-corrected chi connectivity index (χ1v) is 6.93. The Labute approximate surface area is 135 Å². The van der Waals surface area contributed by atoms with Crippen LogP contribution in [0.4, 0.5) is 15.9 Å². The van der Waals surface area contributed by atoms with E-state index in [-0.39, 0.29) is 12.4 Å². The van der Waals surface area contributed by atoms with Gasteiger partial charge < -0.3 is 20.0 Å². The SMILES string of the molecule is O=C(Cn1ccc([N+](=O)[O-])n1)Nc1ccc(F)c(-n2cccc2)c1. The number of halogens is 1. The predicted molar refractivity (Wildman–Crippen MR) is 83.2 cm³/mol. The number of amides is 1. The van der Waals surface area contributed by atoms with Gasteiger partial charge in [0.05, 0.1) is 23.0 Å². The predicted octanol–water partition coefficient (Wildman–Crippen LogP) is 2.36. The zero-order chi connectivity index (χ0) is 17.1. The average molecular weight is 329 g/mol. The molecule has 0 saturated heterocycles. The van der Waals surface area contributed by atoms with Crippen LogP contribution in [0.15, 0.2) is 55.0 Å². The highest BCUT2D eigenvalue weighted by molar-refractivity contribution is 5.90. The molecule has 0 spiro atoms. The topological polar surface area (TPSA) is 95.0 Å². The molecule has 1 N–H and O–H groups in total. The number of rotatable bonds is 5. The van der Waals surface area contributed by atoms with Gasteiger partial charge in [0, 0.05) is 18.1 Å². The van der Waals surface area contributed by atoms with Gasteiger partial charge in [0.25, 0.3) is 0 Å². The summed E-state index contributed by atoms with van der Waals surface area (Å²) in [6, 6.07) is 8.91. The molecule has 3 aromatic rings. The average Bonchev–Trinajstić information content (AvgIpc) is 3.20. The Morgan fingerprint density at radius 2 is 2.00 bits per heavy atom. The van der Waals surface area contributed by atoms with Crippen molar-refractivity contribution in [3.63, 3.8) is 0 Å². The van der Waals surface area contributed by atoms with Gasteiger partial charge in [-0.25, -0.2) is 4.39 Å². The molecule has 0 aliphatic carbocycles. The highest BCUT2D eigenvalue weighted by Crippen LogP contribution is 2.19. The molecule has 0 aliphatic heterocycles. The summed E-state index contributed by atoms with van der Waals surface area (Å²) in [5.74, 6) is -1.19. The van der Waals surface area contributed by atoms with Crippen LogP contribution in [-0.2, 0) is 11.3 Å². The second-order valence-corrected chi connectivity index (χ2v) is 4.93. The highest BCUT2D eigenvalue weighted by Gasteiger charge is 2.14. The van der Waals surface area contributed by atoms with Gasteiger partial charge in [0.15, 0.2) is 0 Å². The lowest BCUT2D eigenvalue weighted by atomic mass is 10.2. The van der Waals surface area contributed by atoms with E-state index in [1.165, 1.54) is 30.5 Å². The minimum atomic E-state index is -0.641. The molecular weight excluding hydrogens is 317 g/mol. The molecule has 24 heavy (non-hydrogen) atoms. The Hall–Kier alpha value is -3.49. The monoisotopic (exact) mass is 329 g/mol. The normalized spacial score (nSPS) is 10.5. The van der Waals surface area contributed by atoms with E-state index in [9.17, 15) is 19.3 Å². The van der Waals surface area contributed by atoms with Crippen LogP contribution >= 0.6 is 0 Å². The van der Waals surface area contributed by atoms with E-state index < -0.39 is 16.6 Å². The van der Waals surface area contributed by atoms with Gasteiger partial charge in [-0.05, 0) is 35.3 Å². The third-order valence-electron chi connectivity index (χ3n) is 3.23. The zero-order valence-corrected chi connectivity index (χ0v) is 12.3. The summed E-state index contributed by atoms with van der Waals surface area (Å²) in [4.78, 5) is 21.9. The molecule has 2 aromatic heterocycles. The molecule has 0 atom stereocenters. The van der Waals surface area contributed by atoms with Crippen LogP contribution in [0, 0.1) is 15.9 Å². The maximum absolute atomic E-state index is 13.9. The summed E-state index contributed by atoms with van der Waals surface area (Å²) in [5.41, 5.74) is 0.708. The van der Waals surface area contributed by atoms with Gasteiger partial charge in [-0.2, -0.15) is 4.68 Å². The van der Waals surface area contributed by atoms with Crippen molar-refractivity contribution in [1.29, 1.82) is 0 Å². The maximum Gasteiger partial charge on any atom is 0.389 e. The van der Waals surface area contributed by atoms with Crippen LogP contribution in [0.5, 0.6) is 0 Å². The van der Waals surface area contributed by atoms with E-state index in [0.29, 0.717) is 11.4 Å². The molecule has 1 aromatic carbocycles. The lowest BCUT2D eigenvalue weighted by Crippen LogP contribution is -2.19. The second kappa shape index (κ2) is 6.32. The maximum atomic E-state index is 13.9. The quantitative estimate of drug-likeness (QED) is 0.574. The number of hydrogen-bond donors (Lipinski definition) is 1. The molecule has 0 fully saturated rings. The van der Waals surface area contributed by atoms with E-state index >= 15 is 0 Å². The first-order valence-electron chi connectivity index (χ1n) is 6.93. The van der Waals surface area contributed by atoms with Gasteiger partial charge >= 0.3 is 5.82 Å². The molecule has 0 unspecified atom stereocenters. The van der Waals surface area contributed by atoms with E-state index in [4.69, 9.17) is 0 Å². The summed E-state index contributed by atoms with van der Waals surface area (Å²) in [7, 11) is 0. The minimum Gasteiger partial charge on any atom is -0.358 e. The molecule has 122 valence electrons. The molecule has 0 aliphatic rings. The Balaban J connectivity index is 1.72. The fourth-order valence-corrected chi connectivity index (χ4v) is 2.17. The highest BCUT2D eigenvalue weighted by atomic mass is 19.1.